The van der Waals surface area contributed by atoms with E-state index in [0.29, 0.717) is 0 Å². The van der Waals surface area contributed by atoms with E-state index in [0.717, 1.165) is 30.6 Å². The minimum atomic E-state index is -5.24. The fraction of sp³-hybridized carbons (Fsp3) is 0.0909. The van der Waals surface area contributed by atoms with Gasteiger partial charge in [0.05, 0.1) is 9.79 Å². The van der Waals surface area contributed by atoms with Crippen molar-refractivity contribution in [3.8, 4) is 0 Å². The average molecular weight is 518 g/mol. The van der Waals surface area contributed by atoms with Gasteiger partial charge < -0.3 is 22.0 Å². The van der Waals surface area contributed by atoms with Crippen molar-refractivity contribution in [3.63, 3.8) is 0 Å². The highest BCUT2D eigenvalue weighted by atomic mass is 32.3. The summed E-state index contributed by atoms with van der Waals surface area (Å²) >= 11 is 0. The van der Waals surface area contributed by atoms with Crippen LogP contribution in [-0.4, -0.2) is 38.5 Å². The monoisotopic (exact) mass is 517 g/mol. The van der Waals surface area contributed by atoms with E-state index >= 15 is 0 Å². The summed E-state index contributed by atoms with van der Waals surface area (Å²) in [6, 6.07) is 18.0. The standard InChI is InChI=1S/C22H23N5O6S2/c23-21(20(28)29,16-8-3-1-4-9-16)22(24,34(30,31)18-11-5-2-6-12-18)35(32,33)19-13-7-10-17(14-19)26-15-27-25/h1-15H,23-25H2,(H,26,27)(H,28,29). The number of benzene rings is 3. The summed E-state index contributed by atoms with van der Waals surface area (Å²) in [7, 11) is -10.4. The molecule has 3 rings (SSSR count). The predicted molar refractivity (Wildman–Crippen MR) is 130 cm³/mol. The largest absolute Gasteiger partial charge is 0.480 e. The molecule has 0 spiro atoms. The molecule has 11 nitrogen and oxygen atoms in total. The van der Waals surface area contributed by atoms with Crippen molar-refractivity contribution in [2.24, 2.45) is 22.4 Å². The fourth-order valence-corrected chi connectivity index (χ4v) is 8.30. The molecule has 0 aliphatic rings. The summed E-state index contributed by atoms with van der Waals surface area (Å²) in [6.45, 7) is 0. The van der Waals surface area contributed by atoms with Gasteiger partial charge in [0, 0.05) is 5.69 Å². The average Bonchev–Trinajstić information content (AvgIpc) is 2.87. The Kier molecular flexibility index (Phi) is 6.98. The molecule has 184 valence electrons. The molecule has 0 heterocycles. The van der Waals surface area contributed by atoms with E-state index in [4.69, 9.17) is 17.3 Å². The lowest BCUT2D eigenvalue weighted by Crippen LogP contribution is -2.74. The van der Waals surface area contributed by atoms with E-state index in [-0.39, 0.29) is 11.3 Å². The molecule has 0 saturated heterocycles. The Balaban J connectivity index is 2.45. The van der Waals surface area contributed by atoms with Gasteiger partial charge >= 0.3 is 5.97 Å². The van der Waals surface area contributed by atoms with E-state index in [1.165, 1.54) is 60.7 Å². The number of rotatable bonds is 9. The summed E-state index contributed by atoms with van der Waals surface area (Å²) in [4.78, 5) is 11.5. The molecule has 3 aromatic carbocycles. The predicted octanol–water partition coefficient (Wildman–Crippen LogP) is 0.799. The highest BCUT2D eigenvalue weighted by Gasteiger charge is 2.69. The number of carboxylic acids is 1. The lowest BCUT2D eigenvalue weighted by atomic mass is 9.90. The van der Waals surface area contributed by atoms with Gasteiger partial charge in [0.2, 0.25) is 19.7 Å². The number of carbonyl (C=O) groups is 1. The molecule has 0 radical (unpaired) electrons. The molecule has 0 amide bonds. The number of carboxylic acid groups (broad SMARTS) is 1. The number of sulfone groups is 2. The third kappa shape index (κ3) is 4.04. The second-order valence-corrected chi connectivity index (χ2v) is 11.9. The van der Waals surface area contributed by atoms with E-state index < -0.39 is 45.2 Å². The maximum atomic E-state index is 14.1. The molecule has 2 atom stereocenters. The summed E-state index contributed by atoms with van der Waals surface area (Å²) < 4.78 is 52.5. The van der Waals surface area contributed by atoms with Gasteiger partial charge in [0.25, 0.3) is 4.20 Å². The minimum Gasteiger partial charge on any atom is -0.480 e. The van der Waals surface area contributed by atoms with Gasteiger partial charge in [0.1, 0.15) is 6.34 Å². The Labute approximate surface area is 202 Å². The SMILES string of the molecule is NN=CNc1cccc(S(=O)(=O)C(N)(C(N)(C(=O)O)c2ccccc2)S(=O)(=O)c2ccccc2)c1. The van der Waals surface area contributed by atoms with E-state index in [1.54, 1.807) is 0 Å². The van der Waals surface area contributed by atoms with Crippen molar-refractivity contribution >= 4 is 37.7 Å². The first-order valence-corrected chi connectivity index (χ1v) is 12.9. The van der Waals surface area contributed by atoms with Gasteiger partial charge in [0.15, 0.2) is 5.54 Å². The smallest absolute Gasteiger partial charge is 0.332 e. The van der Waals surface area contributed by atoms with E-state index in [9.17, 15) is 26.7 Å². The Morgan fingerprint density at radius 1 is 0.829 bits per heavy atom. The second-order valence-electron chi connectivity index (χ2n) is 7.42. The van der Waals surface area contributed by atoms with E-state index in [1.807, 2.05) is 0 Å². The number of hydrazone groups is 1. The summed E-state index contributed by atoms with van der Waals surface area (Å²) in [5.41, 5.74) is 9.30. The van der Waals surface area contributed by atoms with Crippen LogP contribution in [0.25, 0.3) is 0 Å². The number of anilines is 1. The van der Waals surface area contributed by atoms with Crippen LogP contribution in [-0.2, 0) is 30.0 Å². The molecule has 0 bridgehead atoms. The molecule has 0 fully saturated rings. The third-order valence-corrected chi connectivity index (χ3v) is 10.7. The molecule has 0 aliphatic heterocycles. The quantitative estimate of drug-likeness (QED) is 0.117. The minimum absolute atomic E-state index is 0.164. The summed E-state index contributed by atoms with van der Waals surface area (Å²) in [5, 5.41) is 16.1. The van der Waals surface area contributed by atoms with Crippen LogP contribution in [0.5, 0.6) is 0 Å². The van der Waals surface area contributed by atoms with E-state index in [2.05, 4.69) is 10.4 Å². The Morgan fingerprint density at radius 2 is 1.34 bits per heavy atom. The van der Waals surface area contributed by atoms with Crippen molar-refractivity contribution < 1.29 is 26.7 Å². The van der Waals surface area contributed by atoms with Gasteiger partial charge in [-0.25, -0.2) is 21.6 Å². The first-order valence-electron chi connectivity index (χ1n) is 9.94. The van der Waals surface area contributed by atoms with Gasteiger partial charge in [-0.1, -0.05) is 54.6 Å². The first kappa shape index (κ1) is 25.8. The Bertz CT molecular complexity index is 1460. The van der Waals surface area contributed by atoms with Crippen molar-refractivity contribution in [1.29, 1.82) is 0 Å². The highest BCUT2D eigenvalue weighted by molar-refractivity contribution is 8.10. The van der Waals surface area contributed by atoms with Crippen LogP contribution in [0, 0.1) is 0 Å². The van der Waals surface area contributed by atoms with Crippen LogP contribution in [0.15, 0.2) is 99.8 Å². The zero-order valence-electron chi connectivity index (χ0n) is 18.1. The van der Waals surface area contributed by atoms with Crippen molar-refractivity contribution in [2.45, 2.75) is 19.5 Å². The summed E-state index contributed by atoms with van der Waals surface area (Å²) in [5.74, 6) is 3.09. The molecule has 8 N–H and O–H groups in total. The molecule has 13 heteroatoms. The molecule has 3 aromatic rings. The van der Waals surface area contributed by atoms with Crippen LogP contribution in [0.4, 0.5) is 5.69 Å². The van der Waals surface area contributed by atoms with Gasteiger partial charge in [-0.05, 0) is 35.9 Å². The number of hydrogen-bond donors (Lipinski definition) is 5. The zero-order valence-corrected chi connectivity index (χ0v) is 19.8. The van der Waals surface area contributed by atoms with Gasteiger partial charge in [-0.3, -0.25) is 5.73 Å². The number of aliphatic carboxylic acids is 1. The fourth-order valence-electron chi connectivity index (χ4n) is 3.56. The molecule has 0 aromatic heterocycles. The van der Waals surface area contributed by atoms with Gasteiger partial charge in [-0.15, -0.1) is 0 Å². The molecule has 0 saturated carbocycles. The van der Waals surface area contributed by atoms with Crippen LogP contribution < -0.4 is 22.6 Å². The number of hydrogen-bond acceptors (Lipinski definition) is 9. The maximum absolute atomic E-state index is 14.1. The highest BCUT2D eigenvalue weighted by Crippen LogP contribution is 2.44. The van der Waals surface area contributed by atoms with Crippen molar-refractivity contribution in [3.05, 3.63) is 90.5 Å². The lowest BCUT2D eigenvalue weighted by Gasteiger charge is -2.41. The van der Waals surface area contributed by atoms with Crippen molar-refractivity contribution in [2.75, 3.05) is 5.32 Å². The van der Waals surface area contributed by atoms with Crippen LogP contribution in [0.2, 0.25) is 0 Å². The molecular weight excluding hydrogens is 494 g/mol. The number of nitrogens with one attached hydrogen (secondary N) is 1. The Morgan fingerprint density at radius 3 is 1.89 bits per heavy atom. The molecule has 35 heavy (non-hydrogen) atoms. The second kappa shape index (κ2) is 9.46. The van der Waals surface area contributed by atoms with Crippen molar-refractivity contribution in [1.82, 2.24) is 0 Å². The van der Waals surface area contributed by atoms with Crippen LogP contribution >= 0.6 is 0 Å². The topological polar surface area (TPSA) is 208 Å². The summed E-state index contributed by atoms with van der Waals surface area (Å²) in [6.07, 6.45) is 1.07. The third-order valence-electron chi connectivity index (χ3n) is 5.42. The van der Waals surface area contributed by atoms with Gasteiger partial charge in [-0.2, -0.15) is 5.10 Å². The Hall–Kier alpha value is -3.78. The normalized spacial score (nSPS) is 15.7. The number of nitrogens with two attached hydrogens (primary N) is 3. The van der Waals surface area contributed by atoms with Crippen LogP contribution in [0.3, 0.4) is 0 Å². The molecular formula is C22H23N5O6S2. The molecule has 2 unspecified atom stereocenters. The zero-order chi connectivity index (χ0) is 25.9. The maximum Gasteiger partial charge on any atom is 0.332 e. The van der Waals surface area contributed by atoms with Crippen LogP contribution in [0.1, 0.15) is 5.56 Å². The number of nitrogens with zero attached hydrogens (tertiary/aromatic N) is 1. The molecule has 0 aliphatic carbocycles. The first-order chi connectivity index (χ1) is 16.4. The lowest BCUT2D eigenvalue weighted by molar-refractivity contribution is -0.144.